The van der Waals surface area contributed by atoms with E-state index in [1.54, 1.807) is 12.1 Å². The first-order chi connectivity index (χ1) is 9.22. The van der Waals surface area contributed by atoms with E-state index < -0.39 is 0 Å². The van der Waals surface area contributed by atoms with Crippen LogP contribution in [0.15, 0.2) is 24.3 Å². The maximum atomic E-state index is 13.0. The zero-order valence-corrected chi connectivity index (χ0v) is 12.3. The highest BCUT2D eigenvalue weighted by atomic mass is 19.1. The fourth-order valence-corrected chi connectivity index (χ4v) is 2.10. The number of halogens is 1. The predicted octanol–water partition coefficient (Wildman–Crippen LogP) is 3.43. The number of likely N-dealkylation sites (N-methyl/N-ethyl adjacent to an activating group) is 1. The van der Waals surface area contributed by atoms with Crippen molar-refractivity contribution in [3.8, 4) is 0 Å². The Balaban J connectivity index is 2.06. The lowest BCUT2D eigenvalue weighted by atomic mass is 10.2. The molecule has 0 saturated carbocycles. The molecule has 0 atom stereocenters. The largest absolute Gasteiger partial charge is 0.315 e. The van der Waals surface area contributed by atoms with Crippen molar-refractivity contribution >= 4 is 0 Å². The van der Waals surface area contributed by atoms with Gasteiger partial charge in [-0.3, -0.25) is 0 Å². The maximum Gasteiger partial charge on any atom is 0.123 e. The van der Waals surface area contributed by atoms with Gasteiger partial charge in [-0.2, -0.15) is 0 Å². The molecule has 108 valence electrons. The minimum Gasteiger partial charge on any atom is -0.315 e. The number of nitrogens with zero attached hydrogens (tertiary/aromatic N) is 1. The van der Waals surface area contributed by atoms with Crippen molar-refractivity contribution in [2.45, 2.75) is 39.2 Å². The lowest BCUT2D eigenvalue weighted by molar-refractivity contribution is 0.323. The molecule has 0 radical (unpaired) electrons. The van der Waals surface area contributed by atoms with Crippen LogP contribution in [0.3, 0.4) is 0 Å². The molecule has 3 heteroatoms. The molecule has 0 aliphatic carbocycles. The number of benzene rings is 1. The van der Waals surface area contributed by atoms with E-state index in [-0.39, 0.29) is 5.82 Å². The molecule has 1 aromatic rings. The molecule has 1 N–H and O–H groups in total. The van der Waals surface area contributed by atoms with Gasteiger partial charge in [-0.1, -0.05) is 38.3 Å². The van der Waals surface area contributed by atoms with Gasteiger partial charge in [0.15, 0.2) is 0 Å². The molecule has 1 rings (SSSR count). The minimum atomic E-state index is -0.153. The minimum absolute atomic E-state index is 0.153. The van der Waals surface area contributed by atoms with Crippen LogP contribution >= 0.6 is 0 Å². The van der Waals surface area contributed by atoms with E-state index in [0.29, 0.717) is 0 Å². The zero-order valence-electron chi connectivity index (χ0n) is 12.3. The fraction of sp³-hybridized carbons (Fsp3) is 0.625. The summed E-state index contributed by atoms with van der Waals surface area (Å²) in [6, 6.07) is 6.83. The molecule has 0 bridgehead atoms. The van der Waals surface area contributed by atoms with Crippen molar-refractivity contribution in [3.63, 3.8) is 0 Å². The van der Waals surface area contributed by atoms with Crippen LogP contribution in [0, 0.1) is 5.82 Å². The molecular weight excluding hydrogens is 239 g/mol. The lowest BCUT2D eigenvalue weighted by Gasteiger charge is -2.17. The van der Waals surface area contributed by atoms with E-state index in [0.717, 1.165) is 31.7 Å². The van der Waals surface area contributed by atoms with Gasteiger partial charge in [-0.15, -0.1) is 0 Å². The first kappa shape index (κ1) is 16.1. The summed E-state index contributed by atoms with van der Waals surface area (Å²) in [6.07, 6.45) is 5.21. The highest BCUT2D eigenvalue weighted by Crippen LogP contribution is 2.05. The predicted molar refractivity (Wildman–Crippen MR) is 79.7 cm³/mol. The van der Waals surface area contributed by atoms with E-state index in [9.17, 15) is 4.39 Å². The van der Waals surface area contributed by atoms with Gasteiger partial charge in [-0.25, -0.2) is 4.39 Å². The maximum absolute atomic E-state index is 13.0. The van der Waals surface area contributed by atoms with Gasteiger partial charge >= 0.3 is 0 Å². The first-order valence-electron chi connectivity index (χ1n) is 7.36. The molecule has 0 fully saturated rings. The van der Waals surface area contributed by atoms with E-state index in [2.05, 4.69) is 24.2 Å². The summed E-state index contributed by atoms with van der Waals surface area (Å²) < 4.78 is 13.0. The molecule has 1 aromatic carbocycles. The lowest BCUT2D eigenvalue weighted by Crippen LogP contribution is -2.29. The number of unbranched alkanes of at least 4 members (excludes halogenated alkanes) is 3. The van der Waals surface area contributed by atoms with E-state index >= 15 is 0 Å². The van der Waals surface area contributed by atoms with E-state index in [1.807, 2.05) is 6.07 Å². The van der Waals surface area contributed by atoms with Gasteiger partial charge in [0, 0.05) is 19.6 Å². The molecular formula is C16H27FN2. The number of nitrogens with one attached hydrogen (secondary N) is 1. The number of rotatable bonds is 10. The third-order valence-electron chi connectivity index (χ3n) is 3.22. The van der Waals surface area contributed by atoms with Crippen LogP contribution in [0.5, 0.6) is 0 Å². The Morgan fingerprint density at radius 3 is 2.74 bits per heavy atom. The fourth-order valence-electron chi connectivity index (χ4n) is 2.10. The van der Waals surface area contributed by atoms with Crippen LogP contribution in [-0.4, -0.2) is 31.6 Å². The smallest absolute Gasteiger partial charge is 0.123 e. The van der Waals surface area contributed by atoms with Crippen LogP contribution in [0.1, 0.15) is 38.2 Å². The molecule has 0 spiro atoms. The quantitative estimate of drug-likeness (QED) is 0.653. The van der Waals surface area contributed by atoms with Gasteiger partial charge in [0.1, 0.15) is 5.82 Å². The highest BCUT2D eigenvalue weighted by molar-refractivity contribution is 5.15. The molecule has 0 saturated heterocycles. The van der Waals surface area contributed by atoms with Crippen molar-refractivity contribution in [1.29, 1.82) is 0 Å². The molecule has 0 amide bonds. The van der Waals surface area contributed by atoms with Crippen LogP contribution < -0.4 is 5.32 Å². The average Bonchev–Trinajstić information content (AvgIpc) is 2.37. The topological polar surface area (TPSA) is 15.3 Å². The Labute approximate surface area is 117 Å². The van der Waals surface area contributed by atoms with Crippen molar-refractivity contribution < 1.29 is 4.39 Å². The summed E-state index contributed by atoms with van der Waals surface area (Å²) in [5.74, 6) is -0.153. The normalized spacial score (nSPS) is 11.2. The summed E-state index contributed by atoms with van der Waals surface area (Å²) in [7, 11) is 2.07. The van der Waals surface area contributed by atoms with E-state index in [4.69, 9.17) is 0 Å². The van der Waals surface area contributed by atoms with Crippen molar-refractivity contribution in [2.75, 3.05) is 26.7 Å². The Kier molecular flexibility index (Phi) is 8.43. The van der Waals surface area contributed by atoms with Crippen LogP contribution in [0.4, 0.5) is 4.39 Å². The van der Waals surface area contributed by atoms with Crippen molar-refractivity contribution in [3.05, 3.63) is 35.6 Å². The standard InChI is InChI=1S/C16H27FN2/c1-3-4-5-6-10-18-11-12-19(2)14-15-8-7-9-16(17)13-15/h7-9,13,18H,3-6,10-12,14H2,1-2H3. The Morgan fingerprint density at radius 2 is 2.00 bits per heavy atom. The second kappa shape index (κ2) is 9.93. The molecule has 0 aromatic heterocycles. The molecule has 0 heterocycles. The highest BCUT2D eigenvalue weighted by Gasteiger charge is 2.01. The average molecular weight is 266 g/mol. The van der Waals surface area contributed by atoms with Crippen LogP contribution in [0.2, 0.25) is 0 Å². The first-order valence-corrected chi connectivity index (χ1v) is 7.36. The van der Waals surface area contributed by atoms with Crippen LogP contribution in [0.25, 0.3) is 0 Å². The van der Waals surface area contributed by atoms with Gasteiger partial charge in [-0.05, 0) is 37.7 Å². The SMILES string of the molecule is CCCCCCNCCN(C)Cc1cccc(F)c1. The summed E-state index contributed by atoms with van der Waals surface area (Å²) in [5, 5.41) is 3.46. The Morgan fingerprint density at radius 1 is 1.16 bits per heavy atom. The second-order valence-corrected chi connectivity index (χ2v) is 5.18. The molecule has 2 nitrogen and oxygen atoms in total. The summed E-state index contributed by atoms with van der Waals surface area (Å²) in [6.45, 7) is 6.13. The van der Waals surface area contributed by atoms with E-state index in [1.165, 1.54) is 31.7 Å². The zero-order chi connectivity index (χ0) is 13.9. The number of hydrogen-bond donors (Lipinski definition) is 1. The number of hydrogen-bond acceptors (Lipinski definition) is 2. The van der Waals surface area contributed by atoms with Gasteiger partial charge in [0.2, 0.25) is 0 Å². The van der Waals surface area contributed by atoms with Crippen LogP contribution in [-0.2, 0) is 6.54 Å². The summed E-state index contributed by atoms with van der Waals surface area (Å²) >= 11 is 0. The second-order valence-electron chi connectivity index (χ2n) is 5.18. The van der Waals surface area contributed by atoms with Gasteiger partial charge < -0.3 is 10.2 Å². The summed E-state index contributed by atoms with van der Waals surface area (Å²) in [5.41, 5.74) is 1.03. The van der Waals surface area contributed by atoms with Crippen molar-refractivity contribution in [2.24, 2.45) is 0 Å². The molecule has 0 aliphatic heterocycles. The van der Waals surface area contributed by atoms with Crippen molar-refractivity contribution in [1.82, 2.24) is 10.2 Å². The Hall–Kier alpha value is -0.930. The molecule has 0 unspecified atom stereocenters. The summed E-state index contributed by atoms with van der Waals surface area (Å²) in [4.78, 5) is 2.22. The monoisotopic (exact) mass is 266 g/mol. The molecule has 0 aliphatic rings. The molecule has 19 heavy (non-hydrogen) atoms. The van der Waals surface area contributed by atoms with Gasteiger partial charge in [0.05, 0.1) is 0 Å². The third-order valence-corrected chi connectivity index (χ3v) is 3.22. The Bertz CT molecular complexity index is 341. The van der Waals surface area contributed by atoms with Gasteiger partial charge in [0.25, 0.3) is 0 Å². The third kappa shape index (κ3) is 7.96.